The van der Waals surface area contributed by atoms with Gasteiger partial charge < -0.3 is 14.2 Å². The van der Waals surface area contributed by atoms with Gasteiger partial charge in [0.15, 0.2) is 6.10 Å². The van der Waals surface area contributed by atoms with Gasteiger partial charge in [0.2, 0.25) is 0 Å². The molecule has 0 aliphatic rings. The predicted molar refractivity (Wildman–Crippen MR) is 330 cm³/mol. The van der Waals surface area contributed by atoms with Crippen molar-refractivity contribution in [1.82, 2.24) is 0 Å². The molecule has 0 aromatic carbocycles. The van der Waals surface area contributed by atoms with E-state index in [0.717, 1.165) is 116 Å². The van der Waals surface area contributed by atoms with Crippen LogP contribution in [0.4, 0.5) is 0 Å². The number of ether oxygens (including phenoxy) is 3. The number of rotatable bonds is 56. The lowest BCUT2D eigenvalue weighted by molar-refractivity contribution is -0.167. The molecule has 0 amide bonds. The number of allylic oxidation sites excluding steroid dienone is 20. The van der Waals surface area contributed by atoms with Crippen molar-refractivity contribution in [2.75, 3.05) is 13.2 Å². The summed E-state index contributed by atoms with van der Waals surface area (Å²) in [7, 11) is 0. The summed E-state index contributed by atoms with van der Waals surface area (Å²) in [4.78, 5) is 38.2. The van der Waals surface area contributed by atoms with Gasteiger partial charge in [0.25, 0.3) is 0 Å². The third-order valence-electron chi connectivity index (χ3n) is 13.2. The van der Waals surface area contributed by atoms with Crippen LogP contribution in [0.3, 0.4) is 0 Å². The van der Waals surface area contributed by atoms with Gasteiger partial charge in [0, 0.05) is 19.3 Å². The second kappa shape index (κ2) is 63.3. The second-order valence-electron chi connectivity index (χ2n) is 20.6. The Morgan fingerprint density at radius 3 is 0.829 bits per heavy atom. The Labute approximate surface area is 469 Å². The highest BCUT2D eigenvalue weighted by atomic mass is 16.6. The molecule has 0 saturated carbocycles. The van der Waals surface area contributed by atoms with E-state index in [1.54, 1.807) is 0 Å². The molecule has 6 heteroatoms. The average Bonchev–Trinajstić information content (AvgIpc) is 3.42. The van der Waals surface area contributed by atoms with Crippen LogP contribution in [-0.2, 0) is 28.6 Å². The minimum absolute atomic E-state index is 0.0953. The van der Waals surface area contributed by atoms with Crippen LogP contribution in [0, 0.1) is 0 Å². The first-order chi connectivity index (χ1) is 37.5. The molecule has 0 saturated heterocycles. The lowest BCUT2D eigenvalue weighted by Gasteiger charge is -2.18. The van der Waals surface area contributed by atoms with E-state index in [-0.39, 0.29) is 37.5 Å². The Morgan fingerprint density at radius 1 is 0.276 bits per heavy atom. The quantitative estimate of drug-likeness (QED) is 0.0261. The SMILES string of the molecule is CC/C=C\C/C=C\C/C=C\C/C=C\C/C=C\C/C=C\CCCCC(=O)OC(COC(=O)CCCCCCCCCCCC)COC(=O)CCCCCCCCCCCCCCCC/C=C\C/C=C\C/C=C\C/C=C\CC. The maximum absolute atomic E-state index is 12.9. The van der Waals surface area contributed by atoms with E-state index < -0.39 is 6.10 Å². The van der Waals surface area contributed by atoms with Gasteiger partial charge in [-0.2, -0.15) is 0 Å². The summed E-state index contributed by atoms with van der Waals surface area (Å²) in [6, 6.07) is 0. The van der Waals surface area contributed by atoms with Crippen LogP contribution in [0.25, 0.3) is 0 Å². The van der Waals surface area contributed by atoms with Crippen LogP contribution in [0.15, 0.2) is 122 Å². The van der Waals surface area contributed by atoms with Crippen LogP contribution in [0.1, 0.15) is 284 Å². The first kappa shape index (κ1) is 71.8. The molecule has 0 radical (unpaired) electrons. The summed E-state index contributed by atoms with van der Waals surface area (Å²) in [5.74, 6) is -0.937. The van der Waals surface area contributed by atoms with Crippen LogP contribution >= 0.6 is 0 Å². The van der Waals surface area contributed by atoms with Crippen molar-refractivity contribution >= 4 is 17.9 Å². The highest BCUT2D eigenvalue weighted by molar-refractivity contribution is 5.71. The summed E-state index contributed by atoms with van der Waals surface area (Å²) in [5, 5.41) is 0. The van der Waals surface area contributed by atoms with Crippen molar-refractivity contribution in [3.8, 4) is 0 Å². The first-order valence-electron chi connectivity index (χ1n) is 31.5. The van der Waals surface area contributed by atoms with E-state index in [0.29, 0.717) is 19.3 Å². The molecule has 0 spiro atoms. The molecule has 432 valence electrons. The van der Waals surface area contributed by atoms with Crippen LogP contribution in [0.5, 0.6) is 0 Å². The van der Waals surface area contributed by atoms with Gasteiger partial charge >= 0.3 is 17.9 Å². The zero-order valence-corrected chi connectivity index (χ0v) is 49.5. The van der Waals surface area contributed by atoms with Crippen LogP contribution in [-0.4, -0.2) is 37.2 Å². The molecule has 0 rings (SSSR count). The van der Waals surface area contributed by atoms with Crippen molar-refractivity contribution in [3.63, 3.8) is 0 Å². The predicted octanol–water partition coefficient (Wildman–Crippen LogP) is 21.6. The van der Waals surface area contributed by atoms with Gasteiger partial charge in [-0.1, -0.05) is 277 Å². The smallest absolute Gasteiger partial charge is 0.306 e. The van der Waals surface area contributed by atoms with Crippen molar-refractivity contribution in [2.24, 2.45) is 0 Å². The molecular formula is C70H116O6. The topological polar surface area (TPSA) is 78.9 Å². The van der Waals surface area contributed by atoms with E-state index in [9.17, 15) is 14.4 Å². The fourth-order valence-corrected chi connectivity index (χ4v) is 8.56. The Morgan fingerprint density at radius 2 is 0.513 bits per heavy atom. The van der Waals surface area contributed by atoms with Crippen molar-refractivity contribution in [2.45, 2.75) is 290 Å². The Bertz CT molecular complexity index is 1590. The van der Waals surface area contributed by atoms with Gasteiger partial charge in [-0.05, 0) is 109 Å². The normalized spacial score (nSPS) is 12.9. The molecular weight excluding hydrogens is 937 g/mol. The fourth-order valence-electron chi connectivity index (χ4n) is 8.56. The summed E-state index contributed by atoms with van der Waals surface area (Å²) in [6.45, 7) is 6.38. The third kappa shape index (κ3) is 60.7. The van der Waals surface area contributed by atoms with Gasteiger partial charge in [0.05, 0.1) is 0 Å². The Hall–Kier alpha value is -4.19. The molecule has 0 N–H and O–H groups in total. The zero-order chi connectivity index (χ0) is 55.0. The number of unbranched alkanes of at least 4 members (excludes halogenated alkanes) is 25. The third-order valence-corrected chi connectivity index (χ3v) is 13.2. The lowest BCUT2D eigenvalue weighted by atomic mass is 10.0. The highest BCUT2D eigenvalue weighted by Crippen LogP contribution is 2.16. The van der Waals surface area contributed by atoms with Crippen LogP contribution < -0.4 is 0 Å². The average molecular weight is 1050 g/mol. The van der Waals surface area contributed by atoms with Crippen molar-refractivity contribution < 1.29 is 28.6 Å². The van der Waals surface area contributed by atoms with Gasteiger partial charge in [-0.15, -0.1) is 0 Å². The van der Waals surface area contributed by atoms with Crippen molar-refractivity contribution in [3.05, 3.63) is 122 Å². The second-order valence-corrected chi connectivity index (χ2v) is 20.6. The number of esters is 3. The lowest BCUT2D eigenvalue weighted by Crippen LogP contribution is -2.30. The number of hydrogen-bond acceptors (Lipinski definition) is 6. The molecule has 1 atom stereocenters. The van der Waals surface area contributed by atoms with Crippen molar-refractivity contribution in [1.29, 1.82) is 0 Å². The maximum atomic E-state index is 12.9. The molecule has 0 aromatic rings. The molecule has 6 nitrogen and oxygen atoms in total. The maximum Gasteiger partial charge on any atom is 0.306 e. The zero-order valence-electron chi connectivity index (χ0n) is 49.5. The van der Waals surface area contributed by atoms with Gasteiger partial charge in [-0.25, -0.2) is 0 Å². The molecule has 0 aliphatic heterocycles. The summed E-state index contributed by atoms with van der Waals surface area (Å²) >= 11 is 0. The van der Waals surface area contributed by atoms with E-state index in [2.05, 4.69) is 142 Å². The first-order valence-corrected chi connectivity index (χ1v) is 31.5. The minimum atomic E-state index is -0.802. The van der Waals surface area contributed by atoms with E-state index in [4.69, 9.17) is 14.2 Å². The molecule has 1 unspecified atom stereocenters. The fraction of sp³-hybridized carbons (Fsp3) is 0.671. The molecule has 0 fully saturated rings. The molecule has 76 heavy (non-hydrogen) atoms. The van der Waals surface area contributed by atoms with E-state index >= 15 is 0 Å². The molecule has 0 heterocycles. The summed E-state index contributed by atoms with van der Waals surface area (Å²) in [5.41, 5.74) is 0. The summed E-state index contributed by atoms with van der Waals surface area (Å²) < 4.78 is 16.8. The highest BCUT2D eigenvalue weighted by Gasteiger charge is 2.19. The Balaban J connectivity index is 4.30. The number of hydrogen-bond donors (Lipinski definition) is 0. The van der Waals surface area contributed by atoms with Crippen LogP contribution in [0.2, 0.25) is 0 Å². The molecule has 0 aliphatic carbocycles. The largest absolute Gasteiger partial charge is 0.462 e. The monoisotopic (exact) mass is 1050 g/mol. The Kier molecular flexibility index (Phi) is 59.9. The van der Waals surface area contributed by atoms with Gasteiger partial charge in [0.1, 0.15) is 13.2 Å². The van der Waals surface area contributed by atoms with Gasteiger partial charge in [-0.3, -0.25) is 14.4 Å². The van der Waals surface area contributed by atoms with E-state index in [1.165, 1.54) is 122 Å². The molecule has 0 aromatic heterocycles. The minimum Gasteiger partial charge on any atom is -0.462 e. The number of carbonyl (C=O) groups excluding carboxylic acids is 3. The standard InChI is InChI=1S/C70H116O6/c1-4-7-10-13-16-19-22-24-26-28-30-32-33-34-35-36-37-39-40-42-44-46-48-51-54-57-60-63-69(72)75-66-67(65-74-68(71)62-59-56-53-50-21-18-15-12-9-6-3)76-70(73)64-61-58-55-52-49-47-45-43-41-38-31-29-27-25-23-20-17-14-11-8-5-2/h7-8,10-11,16-17,19-20,24-27,30-32,38,43,45,49,52,67H,4-6,9,12-15,18,21-23,28-29,33-37,39-42,44,46-48,50-51,53-66H2,1-3H3/b10-7-,11-8-,19-16-,20-17-,26-24-,27-25-,32-30-,38-31-,45-43-,52-49-. The summed E-state index contributed by atoms with van der Waals surface area (Å²) in [6.07, 6.45) is 87.8. The molecule has 0 bridgehead atoms. The van der Waals surface area contributed by atoms with E-state index in [1.807, 2.05) is 0 Å². The number of carbonyl (C=O) groups is 3.